The van der Waals surface area contributed by atoms with Gasteiger partial charge in [-0.25, -0.2) is 0 Å². The zero-order valence-electron chi connectivity index (χ0n) is 12.7. The van der Waals surface area contributed by atoms with Crippen LogP contribution >= 0.6 is 23.2 Å². The first-order valence-electron chi connectivity index (χ1n) is 7.56. The Morgan fingerprint density at radius 1 is 0.957 bits per heavy atom. The molecule has 1 aliphatic rings. The molecule has 0 saturated carbocycles. The van der Waals surface area contributed by atoms with Gasteiger partial charge in [-0.2, -0.15) is 0 Å². The zero-order valence-corrected chi connectivity index (χ0v) is 14.2. The van der Waals surface area contributed by atoms with Gasteiger partial charge in [0.05, 0.1) is 5.71 Å². The highest BCUT2D eigenvalue weighted by molar-refractivity contribution is 6.30. The molecule has 5 heteroatoms. The van der Waals surface area contributed by atoms with E-state index >= 15 is 0 Å². The minimum absolute atomic E-state index is 0.0626. The van der Waals surface area contributed by atoms with Crippen LogP contribution in [0.1, 0.15) is 36.6 Å². The second kappa shape index (κ2) is 6.91. The Bertz CT molecular complexity index is 698. The topological polar surface area (TPSA) is 44.6 Å². The molecule has 0 bridgehead atoms. The predicted molar refractivity (Wildman–Crippen MR) is 94.5 cm³/mol. The average Bonchev–Trinajstić information content (AvgIpc) is 2.57. The summed E-state index contributed by atoms with van der Waals surface area (Å²) in [5.74, 6) is 0.102. The van der Waals surface area contributed by atoms with Crippen LogP contribution in [0.15, 0.2) is 53.7 Å². The highest BCUT2D eigenvalue weighted by atomic mass is 35.5. The smallest absolute Gasteiger partial charge is 0.0636 e. The zero-order chi connectivity index (χ0) is 16.4. The Hall–Kier alpha value is -1.55. The lowest BCUT2D eigenvalue weighted by Gasteiger charge is -2.37. The third-order valence-corrected chi connectivity index (χ3v) is 4.95. The summed E-state index contributed by atoms with van der Waals surface area (Å²) in [6, 6.07) is 15.7. The van der Waals surface area contributed by atoms with Crippen molar-refractivity contribution in [3.05, 3.63) is 69.7 Å². The first-order chi connectivity index (χ1) is 11.1. The van der Waals surface area contributed by atoms with Crippen LogP contribution in [0.2, 0.25) is 10.0 Å². The van der Waals surface area contributed by atoms with E-state index in [1.165, 1.54) is 0 Å². The molecular formula is C18H18Cl2N2O. The second-order valence-electron chi connectivity index (χ2n) is 5.88. The summed E-state index contributed by atoms with van der Waals surface area (Å²) in [5, 5.41) is 18.0. The number of oxime groups is 1. The summed E-state index contributed by atoms with van der Waals surface area (Å²) in [4.78, 5) is 0. The van der Waals surface area contributed by atoms with E-state index in [4.69, 9.17) is 23.2 Å². The monoisotopic (exact) mass is 348 g/mol. The van der Waals surface area contributed by atoms with Crippen LogP contribution in [0.5, 0.6) is 0 Å². The quantitative estimate of drug-likeness (QED) is 0.576. The van der Waals surface area contributed by atoms with Crippen molar-refractivity contribution in [1.82, 2.24) is 5.32 Å². The molecule has 0 aromatic heterocycles. The number of nitrogens with zero attached hydrogens (tertiary/aromatic N) is 1. The minimum Gasteiger partial charge on any atom is -0.411 e. The van der Waals surface area contributed by atoms with E-state index in [0.717, 1.165) is 16.8 Å². The molecule has 0 amide bonds. The third kappa shape index (κ3) is 3.52. The number of nitrogens with one attached hydrogen (secondary N) is 1. The van der Waals surface area contributed by atoms with Crippen LogP contribution in [0.25, 0.3) is 0 Å². The van der Waals surface area contributed by atoms with Gasteiger partial charge in [0.1, 0.15) is 0 Å². The minimum atomic E-state index is 0.0626. The molecule has 120 valence electrons. The molecule has 3 rings (SSSR count). The van der Waals surface area contributed by atoms with E-state index in [1.807, 2.05) is 48.5 Å². The largest absolute Gasteiger partial charge is 0.411 e. The molecule has 2 aromatic rings. The van der Waals surface area contributed by atoms with Crippen LogP contribution < -0.4 is 5.32 Å². The van der Waals surface area contributed by atoms with Crippen molar-refractivity contribution in [3.8, 4) is 0 Å². The second-order valence-corrected chi connectivity index (χ2v) is 6.76. The summed E-state index contributed by atoms with van der Waals surface area (Å²) in [5.41, 5.74) is 3.05. The van der Waals surface area contributed by atoms with E-state index in [1.54, 1.807) is 0 Å². The van der Waals surface area contributed by atoms with Gasteiger partial charge in [-0.3, -0.25) is 0 Å². The molecule has 0 aliphatic carbocycles. The number of piperidine rings is 1. The summed E-state index contributed by atoms with van der Waals surface area (Å²) in [6.45, 7) is 2.07. The fourth-order valence-corrected chi connectivity index (χ4v) is 3.36. The summed E-state index contributed by atoms with van der Waals surface area (Å²) in [6.07, 6.45) is 0.670. The molecular weight excluding hydrogens is 331 g/mol. The van der Waals surface area contributed by atoms with Crippen molar-refractivity contribution in [2.24, 2.45) is 11.1 Å². The standard InChI is InChI=1S/C18H18Cl2N2O/c1-11-16(22-23)10-17(12-2-6-14(19)7-3-12)21-18(11)13-4-8-15(20)9-5-13/h2-9,11,17-18,21,23H,10H2,1H3. The number of hydrogen-bond acceptors (Lipinski definition) is 3. The number of halogens is 2. The molecule has 1 fully saturated rings. The lowest BCUT2D eigenvalue weighted by Crippen LogP contribution is -2.41. The molecule has 1 saturated heterocycles. The van der Waals surface area contributed by atoms with Gasteiger partial charge in [0.25, 0.3) is 0 Å². The van der Waals surface area contributed by atoms with Crippen LogP contribution in [-0.2, 0) is 0 Å². The predicted octanol–water partition coefficient (Wildman–Crippen LogP) is 5.24. The van der Waals surface area contributed by atoms with Gasteiger partial charge >= 0.3 is 0 Å². The Balaban J connectivity index is 1.92. The van der Waals surface area contributed by atoms with Gasteiger partial charge in [0.15, 0.2) is 0 Å². The lowest BCUT2D eigenvalue weighted by molar-refractivity contribution is 0.294. The van der Waals surface area contributed by atoms with Crippen molar-refractivity contribution >= 4 is 28.9 Å². The first kappa shape index (κ1) is 16.3. The third-order valence-electron chi connectivity index (χ3n) is 4.45. The number of hydrogen-bond donors (Lipinski definition) is 2. The molecule has 1 heterocycles. The summed E-state index contributed by atoms with van der Waals surface area (Å²) >= 11 is 12.0. The van der Waals surface area contributed by atoms with Gasteiger partial charge in [0.2, 0.25) is 0 Å². The van der Waals surface area contributed by atoms with Crippen LogP contribution in [0, 0.1) is 5.92 Å². The summed E-state index contributed by atoms with van der Waals surface area (Å²) in [7, 11) is 0. The Morgan fingerprint density at radius 2 is 1.48 bits per heavy atom. The van der Waals surface area contributed by atoms with E-state index < -0.39 is 0 Å². The van der Waals surface area contributed by atoms with Crippen LogP contribution in [0.4, 0.5) is 0 Å². The highest BCUT2D eigenvalue weighted by Gasteiger charge is 2.33. The number of rotatable bonds is 2. The fourth-order valence-electron chi connectivity index (χ4n) is 3.10. The Labute approximate surface area is 145 Å². The molecule has 3 nitrogen and oxygen atoms in total. The fraction of sp³-hybridized carbons (Fsp3) is 0.278. The van der Waals surface area contributed by atoms with E-state index in [0.29, 0.717) is 16.5 Å². The first-order valence-corrected chi connectivity index (χ1v) is 8.32. The van der Waals surface area contributed by atoms with Gasteiger partial charge in [0, 0.05) is 34.5 Å². The van der Waals surface area contributed by atoms with E-state index in [9.17, 15) is 5.21 Å². The molecule has 2 N–H and O–H groups in total. The maximum Gasteiger partial charge on any atom is 0.0636 e. The Kier molecular flexibility index (Phi) is 4.90. The van der Waals surface area contributed by atoms with Gasteiger partial charge in [-0.1, -0.05) is 59.5 Å². The average molecular weight is 349 g/mol. The maximum absolute atomic E-state index is 9.40. The lowest BCUT2D eigenvalue weighted by atomic mass is 9.81. The van der Waals surface area contributed by atoms with Gasteiger partial charge in [-0.15, -0.1) is 0 Å². The van der Waals surface area contributed by atoms with Gasteiger partial charge in [-0.05, 0) is 35.4 Å². The molecule has 23 heavy (non-hydrogen) atoms. The van der Waals surface area contributed by atoms with Crippen molar-refractivity contribution < 1.29 is 5.21 Å². The molecule has 3 atom stereocenters. The maximum atomic E-state index is 9.40. The molecule has 0 radical (unpaired) electrons. The molecule has 0 spiro atoms. The van der Waals surface area contributed by atoms with E-state index in [2.05, 4.69) is 17.4 Å². The normalized spacial score (nSPS) is 26.4. The molecule has 2 aromatic carbocycles. The SMILES string of the molecule is CC1C(=NO)CC(c2ccc(Cl)cc2)NC1c1ccc(Cl)cc1. The van der Waals surface area contributed by atoms with Crippen LogP contribution in [-0.4, -0.2) is 10.9 Å². The summed E-state index contributed by atoms with van der Waals surface area (Å²) < 4.78 is 0. The highest BCUT2D eigenvalue weighted by Crippen LogP contribution is 2.35. The number of benzene rings is 2. The Morgan fingerprint density at radius 3 is 2.00 bits per heavy atom. The van der Waals surface area contributed by atoms with Crippen LogP contribution in [0.3, 0.4) is 0 Å². The molecule has 3 unspecified atom stereocenters. The molecule has 1 aliphatic heterocycles. The van der Waals surface area contributed by atoms with Crippen molar-refractivity contribution in [2.45, 2.75) is 25.4 Å². The van der Waals surface area contributed by atoms with E-state index in [-0.39, 0.29) is 18.0 Å². The van der Waals surface area contributed by atoms with Crippen molar-refractivity contribution in [3.63, 3.8) is 0 Å². The van der Waals surface area contributed by atoms with Crippen molar-refractivity contribution in [2.75, 3.05) is 0 Å². The van der Waals surface area contributed by atoms with Gasteiger partial charge < -0.3 is 10.5 Å². The van der Waals surface area contributed by atoms with Crippen molar-refractivity contribution in [1.29, 1.82) is 0 Å².